The second-order valence-corrected chi connectivity index (χ2v) is 5.57. The molecule has 0 fully saturated rings. The van der Waals surface area contributed by atoms with Crippen LogP contribution in [0.4, 0.5) is 0 Å². The van der Waals surface area contributed by atoms with Gasteiger partial charge in [-0.25, -0.2) is 19.9 Å². The Morgan fingerprint density at radius 1 is 0.542 bits per heavy atom. The molecule has 0 aliphatic carbocycles. The molecule has 3 aromatic heterocycles. The average molecular weight is 312 g/mol. The number of fused-ring (bicyclic) bond motifs is 8. The molecule has 0 saturated carbocycles. The van der Waals surface area contributed by atoms with Gasteiger partial charge in [0.2, 0.25) is 0 Å². The highest BCUT2D eigenvalue weighted by Crippen LogP contribution is 2.14. The lowest BCUT2D eigenvalue weighted by Crippen LogP contribution is -1.81. The van der Waals surface area contributed by atoms with Gasteiger partial charge in [-0.05, 0) is 60.7 Å². The first-order chi connectivity index (χ1) is 11.8. The zero-order valence-corrected chi connectivity index (χ0v) is 12.6. The lowest BCUT2D eigenvalue weighted by molar-refractivity contribution is 1.18. The van der Waals surface area contributed by atoms with E-state index in [-0.39, 0.29) is 0 Å². The molecule has 2 N–H and O–H groups in total. The van der Waals surface area contributed by atoms with Crippen LogP contribution in [-0.2, 0) is 0 Å². The molecule has 24 heavy (non-hydrogen) atoms. The van der Waals surface area contributed by atoms with E-state index >= 15 is 0 Å². The Kier molecular flexibility index (Phi) is 2.69. The van der Waals surface area contributed by atoms with E-state index < -0.39 is 0 Å². The largest absolute Gasteiger partial charge is 0.340 e. The molecule has 3 aromatic rings. The van der Waals surface area contributed by atoms with Gasteiger partial charge in [0.25, 0.3) is 0 Å². The van der Waals surface area contributed by atoms with Crippen LogP contribution in [-0.4, -0.2) is 29.9 Å². The molecule has 114 valence electrons. The van der Waals surface area contributed by atoms with Crippen molar-refractivity contribution in [3.8, 4) is 0 Å². The van der Waals surface area contributed by atoms with Crippen molar-refractivity contribution in [2.45, 2.75) is 0 Å². The van der Waals surface area contributed by atoms with E-state index in [1.54, 1.807) is 0 Å². The van der Waals surface area contributed by atoms with Crippen LogP contribution < -0.4 is 0 Å². The summed E-state index contributed by atoms with van der Waals surface area (Å²) < 4.78 is 0. The number of nitrogens with zero attached hydrogens (tertiary/aromatic N) is 4. The highest BCUT2D eigenvalue weighted by molar-refractivity contribution is 5.74. The molecule has 5 heterocycles. The van der Waals surface area contributed by atoms with Crippen LogP contribution in [0, 0.1) is 0 Å². The Labute approximate surface area is 136 Å². The fourth-order valence-electron chi connectivity index (χ4n) is 2.68. The summed E-state index contributed by atoms with van der Waals surface area (Å²) >= 11 is 0. The molecular formula is C18H12N6. The van der Waals surface area contributed by atoms with Gasteiger partial charge in [0.15, 0.2) is 11.6 Å². The van der Waals surface area contributed by atoms with Crippen molar-refractivity contribution in [2.75, 3.05) is 0 Å². The SMILES string of the molecule is C1=Cc2nc1cc1ccc(nc3nc(cc4ccc(n2)[nH]4)C=C3)[nH]1. The Morgan fingerprint density at radius 3 is 1.54 bits per heavy atom. The van der Waals surface area contributed by atoms with Crippen LogP contribution in [0.15, 0.2) is 36.4 Å². The van der Waals surface area contributed by atoms with Crippen molar-refractivity contribution < 1.29 is 0 Å². The van der Waals surface area contributed by atoms with E-state index in [4.69, 9.17) is 0 Å². The minimum Gasteiger partial charge on any atom is -0.340 e. The summed E-state index contributed by atoms with van der Waals surface area (Å²) in [6, 6.07) is 11.7. The average Bonchev–Trinajstić information content (AvgIpc) is 3.32. The second kappa shape index (κ2) is 4.99. The number of H-pyrrole nitrogens is 2. The van der Waals surface area contributed by atoms with Gasteiger partial charge in [0.05, 0.1) is 11.4 Å². The maximum absolute atomic E-state index is 4.51. The van der Waals surface area contributed by atoms with Gasteiger partial charge in [-0.3, -0.25) is 0 Å². The van der Waals surface area contributed by atoms with E-state index in [0.717, 1.165) is 33.7 Å². The first-order valence-corrected chi connectivity index (χ1v) is 7.59. The van der Waals surface area contributed by atoms with Crippen molar-refractivity contribution >= 4 is 46.6 Å². The maximum Gasteiger partial charge on any atom is 0.154 e. The highest BCUT2D eigenvalue weighted by atomic mass is 14.9. The Hall–Kier alpha value is -3.54. The molecule has 8 bridgehead atoms. The number of hydrogen-bond donors (Lipinski definition) is 2. The van der Waals surface area contributed by atoms with Gasteiger partial charge in [-0.2, -0.15) is 0 Å². The molecule has 2 aliphatic rings. The third kappa shape index (κ3) is 2.40. The molecule has 0 atom stereocenters. The normalized spacial score (nSPS) is 12.7. The van der Waals surface area contributed by atoms with Gasteiger partial charge in [-0.15, -0.1) is 0 Å². The first kappa shape index (κ1) is 13.0. The number of aromatic nitrogens is 6. The Bertz CT molecular complexity index is 988. The fraction of sp³-hybridized carbons (Fsp3) is 0. The number of rotatable bonds is 0. The van der Waals surface area contributed by atoms with Crippen LogP contribution in [0.25, 0.3) is 46.6 Å². The van der Waals surface area contributed by atoms with Gasteiger partial charge in [-0.1, -0.05) is 0 Å². The summed E-state index contributed by atoms with van der Waals surface area (Å²) in [6.07, 6.45) is 7.67. The lowest BCUT2D eigenvalue weighted by Gasteiger charge is -1.85. The smallest absolute Gasteiger partial charge is 0.154 e. The lowest BCUT2D eigenvalue weighted by atomic mass is 10.4. The molecule has 6 heteroatoms. The van der Waals surface area contributed by atoms with Gasteiger partial charge in [0.1, 0.15) is 11.3 Å². The van der Waals surface area contributed by atoms with Crippen molar-refractivity contribution in [1.29, 1.82) is 0 Å². The minimum absolute atomic E-state index is 0.673. The summed E-state index contributed by atoms with van der Waals surface area (Å²) in [7, 11) is 0. The molecule has 0 unspecified atom stereocenters. The fourth-order valence-corrected chi connectivity index (χ4v) is 2.68. The molecule has 5 rings (SSSR count). The zero-order valence-electron chi connectivity index (χ0n) is 12.6. The summed E-state index contributed by atoms with van der Waals surface area (Å²) in [5.74, 6) is 1.35. The molecule has 0 aromatic carbocycles. The zero-order chi connectivity index (χ0) is 15.9. The molecule has 0 saturated heterocycles. The van der Waals surface area contributed by atoms with Gasteiger partial charge >= 0.3 is 0 Å². The van der Waals surface area contributed by atoms with E-state index in [2.05, 4.69) is 29.9 Å². The van der Waals surface area contributed by atoms with E-state index in [0.29, 0.717) is 11.6 Å². The van der Waals surface area contributed by atoms with Gasteiger partial charge < -0.3 is 9.97 Å². The van der Waals surface area contributed by atoms with E-state index in [1.807, 2.05) is 60.7 Å². The first-order valence-electron chi connectivity index (χ1n) is 7.59. The number of hydrogen-bond acceptors (Lipinski definition) is 4. The summed E-state index contributed by atoms with van der Waals surface area (Å²) in [5, 5.41) is 0. The maximum atomic E-state index is 4.51. The van der Waals surface area contributed by atoms with Crippen molar-refractivity contribution in [3.63, 3.8) is 0 Å². The highest BCUT2D eigenvalue weighted by Gasteiger charge is 2.02. The van der Waals surface area contributed by atoms with Crippen LogP contribution in [0.2, 0.25) is 0 Å². The van der Waals surface area contributed by atoms with Crippen molar-refractivity contribution in [2.24, 2.45) is 0 Å². The Balaban J connectivity index is 1.85. The number of nitrogens with one attached hydrogen (secondary N) is 2. The summed E-state index contributed by atoms with van der Waals surface area (Å²) in [5.41, 5.74) is 5.09. The molecule has 2 aliphatic heterocycles. The summed E-state index contributed by atoms with van der Waals surface area (Å²) in [4.78, 5) is 24.5. The molecule has 0 spiro atoms. The summed E-state index contributed by atoms with van der Waals surface area (Å²) in [6.45, 7) is 0. The van der Waals surface area contributed by atoms with E-state index in [1.165, 1.54) is 0 Å². The van der Waals surface area contributed by atoms with Crippen LogP contribution in [0.3, 0.4) is 0 Å². The van der Waals surface area contributed by atoms with Crippen molar-refractivity contribution in [3.05, 3.63) is 59.4 Å². The number of aromatic amines is 2. The third-order valence-electron chi connectivity index (χ3n) is 3.76. The van der Waals surface area contributed by atoms with Crippen LogP contribution in [0.1, 0.15) is 23.0 Å². The Morgan fingerprint density at radius 2 is 1.04 bits per heavy atom. The molecule has 6 nitrogen and oxygen atoms in total. The second-order valence-electron chi connectivity index (χ2n) is 5.57. The molecule has 0 radical (unpaired) electrons. The molecular weight excluding hydrogens is 300 g/mol. The van der Waals surface area contributed by atoms with Crippen LogP contribution >= 0.6 is 0 Å². The predicted octanol–water partition coefficient (Wildman–Crippen LogP) is 3.45. The minimum atomic E-state index is 0.673. The standard InChI is InChI=1S/C18H12N6/c1-5-15-19-11(1)9-12-2-6-17(20-12)24-18-8-4-14(22-18)10-13-3-7-16(21-13)23-15/h1-10H,(H,19,21,23)(H,20,22,24). The van der Waals surface area contributed by atoms with Gasteiger partial charge in [0, 0.05) is 11.0 Å². The quantitative estimate of drug-likeness (QED) is 0.459. The topological polar surface area (TPSA) is 83.1 Å². The predicted molar refractivity (Wildman–Crippen MR) is 94.4 cm³/mol. The third-order valence-corrected chi connectivity index (χ3v) is 3.76. The van der Waals surface area contributed by atoms with E-state index in [9.17, 15) is 0 Å². The monoisotopic (exact) mass is 312 g/mol. The van der Waals surface area contributed by atoms with Crippen LogP contribution in [0.5, 0.6) is 0 Å². The van der Waals surface area contributed by atoms with Crippen molar-refractivity contribution in [1.82, 2.24) is 29.9 Å². The molecule has 0 amide bonds.